The monoisotopic (exact) mass is 293 g/mol. The lowest BCUT2D eigenvalue weighted by molar-refractivity contribution is -0.137. The third-order valence-corrected chi connectivity index (χ3v) is 3.20. The largest absolute Gasteiger partial charge is 0.493 e. The van der Waals surface area contributed by atoms with Crippen LogP contribution in [0.2, 0.25) is 0 Å². The van der Waals surface area contributed by atoms with E-state index in [0.29, 0.717) is 6.42 Å². The first-order valence-corrected chi connectivity index (χ1v) is 7.13. The number of hydrogen-bond donors (Lipinski definition) is 2. The van der Waals surface area contributed by atoms with E-state index in [1.807, 2.05) is 39.0 Å². The first-order valence-electron chi connectivity index (χ1n) is 7.13. The lowest BCUT2D eigenvalue weighted by Crippen LogP contribution is -2.36. The SMILES string of the molecule is CCC(CC(=O)O)NC(=O)CCOc1ccc(C)cc1C. The molecule has 0 spiro atoms. The van der Waals surface area contributed by atoms with Crippen LogP contribution in [0.4, 0.5) is 0 Å². The molecule has 0 fully saturated rings. The first-order chi connectivity index (χ1) is 9.92. The number of carboxylic acid groups (broad SMARTS) is 1. The first kappa shape index (κ1) is 17.0. The van der Waals surface area contributed by atoms with Crippen molar-refractivity contribution in [1.29, 1.82) is 0 Å². The van der Waals surface area contributed by atoms with Crippen molar-refractivity contribution < 1.29 is 19.4 Å². The van der Waals surface area contributed by atoms with Crippen molar-refractivity contribution in [2.24, 2.45) is 0 Å². The topological polar surface area (TPSA) is 75.6 Å². The third-order valence-electron chi connectivity index (χ3n) is 3.20. The molecule has 1 atom stereocenters. The van der Waals surface area contributed by atoms with Crippen molar-refractivity contribution in [2.45, 2.75) is 46.1 Å². The van der Waals surface area contributed by atoms with Gasteiger partial charge in [-0.3, -0.25) is 9.59 Å². The van der Waals surface area contributed by atoms with Gasteiger partial charge in [0.05, 0.1) is 19.4 Å². The number of nitrogens with one attached hydrogen (secondary N) is 1. The fourth-order valence-corrected chi connectivity index (χ4v) is 2.02. The molecule has 0 saturated carbocycles. The van der Waals surface area contributed by atoms with Crippen molar-refractivity contribution in [3.8, 4) is 5.75 Å². The van der Waals surface area contributed by atoms with Crippen LogP contribution in [0.25, 0.3) is 0 Å². The number of rotatable bonds is 8. The average Bonchev–Trinajstić information content (AvgIpc) is 2.40. The van der Waals surface area contributed by atoms with Gasteiger partial charge in [-0.05, 0) is 31.9 Å². The van der Waals surface area contributed by atoms with Gasteiger partial charge in [0.1, 0.15) is 5.75 Å². The highest BCUT2D eigenvalue weighted by Crippen LogP contribution is 2.18. The summed E-state index contributed by atoms with van der Waals surface area (Å²) < 4.78 is 5.58. The van der Waals surface area contributed by atoms with E-state index in [1.165, 1.54) is 0 Å². The van der Waals surface area contributed by atoms with Gasteiger partial charge in [-0.15, -0.1) is 0 Å². The second kappa shape index (κ2) is 8.29. The summed E-state index contributed by atoms with van der Waals surface area (Å²) in [4.78, 5) is 22.4. The van der Waals surface area contributed by atoms with Crippen LogP contribution in [0.5, 0.6) is 5.75 Å². The summed E-state index contributed by atoms with van der Waals surface area (Å²) in [5, 5.41) is 11.4. The van der Waals surface area contributed by atoms with E-state index in [2.05, 4.69) is 5.32 Å². The molecular formula is C16H23NO4. The molecule has 0 aliphatic rings. The number of carbonyl (C=O) groups is 2. The van der Waals surface area contributed by atoms with Crippen LogP contribution in [0, 0.1) is 13.8 Å². The summed E-state index contributed by atoms with van der Waals surface area (Å²) in [6.45, 7) is 6.10. The molecule has 5 heteroatoms. The lowest BCUT2D eigenvalue weighted by Gasteiger charge is -2.15. The molecule has 0 bridgehead atoms. The number of aliphatic carboxylic acids is 1. The Morgan fingerprint density at radius 2 is 2.05 bits per heavy atom. The van der Waals surface area contributed by atoms with Crippen molar-refractivity contribution in [2.75, 3.05) is 6.61 Å². The molecular weight excluding hydrogens is 270 g/mol. The molecule has 1 amide bonds. The normalized spacial score (nSPS) is 11.8. The highest BCUT2D eigenvalue weighted by atomic mass is 16.5. The minimum absolute atomic E-state index is 0.0554. The highest BCUT2D eigenvalue weighted by Gasteiger charge is 2.14. The van der Waals surface area contributed by atoms with Crippen LogP contribution in [-0.4, -0.2) is 29.6 Å². The van der Waals surface area contributed by atoms with Crippen LogP contribution in [0.1, 0.15) is 37.3 Å². The Bertz CT molecular complexity index is 499. The van der Waals surface area contributed by atoms with Gasteiger partial charge in [-0.2, -0.15) is 0 Å². The maximum Gasteiger partial charge on any atom is 0.305 e. The Kier molecular flexibility index (Phi) is 6.72. The molecule has 2 N–H and O–H groups in total. The van der Waals surface area contributed by atoms with E-state index < -0.39 is 5.97 Å². The fraction of sp³-hybridized carbons (Fsp3) is 0.500. The quantitative estimate of drug-likeness (QED) is 0.772. The summed E-state index contributed by atoms with van der Waals surface area (Å²) in [6.07, 6.45) is 0.750. The van der Waals surface area contributed by atoms with Crippen molar-refractivity contribution >= 4 is 11.9 Å². The van der Waals surface area contributed by atoms with Gasteiger partial charge in [0, 0.05) is 6.04 Å². The minimum atomic E-state index is -0.909. The summed E-state index contributed by atoms with van der Waals surface area (Å²) in [7, 11) is 0. The predicted molar refractivity (Wildman–Crippen MR) is 80.5 cm³/mol. The number of hydrogen-bond acceptors (Lipinski definition) is 3. The third kappa shape index (κ3) is 6.29. The Morgan fingerprint density at radius 1 is 1.33 bits per heavy atom. The second-order valence-corrected chi connectivity index (χ2v) is 5.14. The molecule has 1 unspecified atom stereocenters. The Morgan fingerprint density at radius 3 is 2.62 bits per heavy atom. The summed E-state index contributed by atoms with van der Waals surface area (Å²) in [5.41, 5.74) is 2.20. The zero-order valence-electron chi connectivity index (χ0n) is 12.8. The van der Waals surface area contributed by atoms with Crippen LogP contribution in [0.15, 0.2) is 18.2 Å². The van der Waals surface area contributed by atoms with Gasteiger partial charge in [-0.25, -0.2) is 0 Å². The molecule has 1 aromatic rings. The highest BCUT2D eigenvalue weighted by molar-refractivity contribution is 5.77. The van der Waals surface area contributed by atoms with E-state index in [9.17, 15) is 9.59 Å². The summed E-state index contributed by atoms with van der Waals surface area (Å²) in [6, 6.07) is 5.55. The average molecular weight is 293 g/mol. The lowest BCUT2D eigenvalue weighted by atomic mass is 10.1. The Balaban J connectivity index is 2.37. The molecule has 0 radical (unpaired) electrons. The van der Waals surface area contributed by atoms with E-state index in [-0.39, 0.29) is 31.4 Å². The molecule has 21 heavy (non-hydrogen) atoms. The molecule has 0 heterocycles. The number of ether oxygens (including phenoxy) is 1. The van der Waals surface area contributed by atoms with E-state index >= 15 is 0 Å². The van der Waals surface area contributed by atoms with Crippen LogP contribution in [-0.2, 0) is 9.59 Å². The maximum absolute atomic E-state index is 11.7. The van der Waals surface area contributed by atoms with Gasteiger partial charge in [0.2, 0.25) is 5.91 Å². The van der Waals surface area contributed by atoms with Crippen molar-refractivity contribution in [3.63, 3.8) is 0 Å². The number of carbonyl (C=O) groups excluding carboxylic acids is 1. The molecule has 0 aromatic heterocycles. The predicted octanol–water partition coefficient (Wildman–Crippen LogP) is 2.44. The van der Waals surface area contributed by atoms with E-state index in [4.69, 9.17) is 9.84 Å². The van der Waals surface area contributed by atoms with Gasteiger partial charge in [0.25, 0.3) is 0 Å². The molecule has 0 saturated heterocycles. The van der Waals surface area contributed by atoms with Gasteiger partial charge in [-0.1, -0.05) is 24.6 Å². The van der Waals surface area contributed by atoms with Gasteiger partial charge in [0.15, 0.2) is 0 Å². The molecule has 5 nitrogen and oxygen atoms in total. The van der Waals surface area contributed by atoms with Gasteiger partial charge < -0.3 is 15.2 Å². The standard InChI is InChI=1S/C16H23NO4/c1-4-13(10-16(19)20)17-15(18)7-8-21-14-6-5-11(2)9-12(14)3/h5-6,9,13H,4,7-8,10H2,1-3H3,(H,17,18)(H,19,20). The van der Waals surface area contributed by atoms with Crippen LogP contribution < -0.4 is 10.1 Å². The molecule has 1 aromatic carbocycles. The fourth-order valence-electron chi connectivity index (χ4n) is 2.02. The van der Waals surface area contributed by atoms with E-state index in [0.717, 1.165) is 16.9 Å². The molecule has 0 aliphatic carbocycles. The Labute approximate surface area is 125 Å². The van der Waals surface area contributed by atoms with Crippen molar-refractivity contribution in [1.82, 2.24) is 5.32 Å². The summed E-state index contributed by atoms with van der Waals surface area (Å²) >= 11 is 0. The molecule has 116 valence electrons. The zero-order chi connectivity index (χ0) is 15.8. The zero-order valence-corrected chi connectivity index (χ0v) is 12.8. The van der Waals surface area contributed by atoms with Crippen molar-refractivity contribution in [3.05, 3.63) is 29.3 Å². The molecule has 1 rings (SSSR count). The smallest absolute Gasteiger partial charge is 0.305 e. The summed E-state index contributed by atoms with van der Waals surface area (Å²) in [5.74, 6) is -0.326. The van der Waals surface area contributed by atoms with Crippen LogP contribution >= 0.6 is 0 Å². The maximum atomic E-state index is 11.7. The number of aryl methyl sites for hydroxylation is 2. The minimum Gasteiger partial charge on any atom is -0.493 e. The van der Waals surface area contributed by atoms with Gasteiger partial charge >= 0.3 is 5.97 Å². The second-order valence-electron chi connectivity index (χ2n) is 5.14. The number of benzene rings is 1. The van der Waals surface area contributed by atoms with E-state index in [1.54, 1.807) is 0 Å². The number of carboxylic acids is 1. The number of amides is 1. The molecule has 0 aliphatic heterocycles. The van der Waals surface area contributed by atoms with Crippen LogP contribution in [0.3, 0.4) is 0 Å². The Hall–Kier alpha value is -2.04.